The third kappa shape index (κ3) is 2.65. The van der Waals surface area contributed by atoms with E-state index in [2.05, 4.69) is 31.0 Å². The number of hydrogen-bond donors (Lipinski definition) is 1. The molecule has 4 heteroatoms. The fourth-order valence-corrected chi connectivity index (χ4v) is 3.51. The smallest absolute Gasteiger partial charge is 0.244 e. The van der Waals surface area contributed by atoms with E-state index in [1.54, 1.807) is 7.11 Å². The summed E-state index contributed by atoms with van der Waals surface area (Å²) in [5.74, 6) is 0.765. The Hall–Kier alpha value is -0.610. The van der Waals surface area contributed by atoms with Gasteiger partial charge in [-0.05, 0) is 32.1 Å². The Morgan fingerprint density at radius 2 is 2.00 bits per heavy atom. The van der Waals surface area contributed by atoms with Crippen LogP contribution in [-0.4, -0.2) is 42.3 Å². The number of carbonyl (C=O) groups is 1. The molecule has 2 atom stereocenters. The number of nitrogens with zero attached hydrogens (tertiary/aromatic N) is 1. The second-order valence-corrected chi connectivity index (χ2v) is 6.47. The molecule has 19 heavy (non-hydrogen) atoms. The third-order valence-electron chi connectivity index (χ3n) is 4.67. The fraction of sp³-hybridized carbons (Fsp3) is 0.933. The molecule has 2 rings (SSSR count). The minimum atomic E-state index is -0.254. The Balaban J connectivity index is 2.16. The van der Waals surface area contributed by atoms with Crippen LogP contribution in [0.3, 0.4) is 0 Å². The molecule has 0 radical (unpaired) electrons. The number of hydrogen-bond acceptors (Lipinski definition) is 3. The zero-order valence-electron chi connectivity index (χ0n) is 12.7. The van der Waals surface area contributed by atoms with Gasteiger partial charge in [0.1, 0.15) is 0 Å². The van der Waals surface area contributed by atoms with Gasteiger partial charge < -0.3 is 9.64 Å². The standard InChI is InChI=1S/C15H28N2O2/c1-11(2)13-16-15(8-5-6-9-15)14(18)17(13)12(3)7-10-19-4/h11-13,16H,5-10H2,1-4H3. The Kier molecular flexibility index (Phi) is 4.51. The van der Waals surface area contributed by atoms with Gasteiger partial charge in [-0.15, -0.1) is 0 Å². The minimum Gasteiger partial charge on any atom is -0.385 e. The molecule has 1 spiro atoms. The Labute approximate surface area is 116 Å². The van der Waals surface area contributed by atoms with Crippen molar-refractivity contribution < 1.29 is 9.53 Å². The maximum Gasteiger partial charge on any atom is 0.244 e. The highest BCUT2D eigenvalue weighted by molar-refractivity contribution is 5.89. The molecule has 2 unspecified atom stereocenters. The third-order valence-corrected chi connectivity index (χ3v) is 4.67. The van der Waals surface area contributed by atoms with E-state index >= 15 is 0 Å². The summed E-state index contributed by atoms with van der Waals surface area (Å²) in [5, 5.41) is 3.66. The first-order valence-electron chi connectivity index (χ1n) is 7.61. The molecule has 1 aliphatic carbocycles. The van der Waals surface area contributed by atoms with Crippen molar-refractivity contribution in [3.63, 3.8) is 0 Å². The maximum atomic E-state index is 12.9. The zero-order valence-corrected chi connectivity index (χ0v) is 12.7. The zero-order chi connectivity index (χ0) is 14.0. The van der Waals surface area contributed by atoms with Crippen LogP contribution in [0, 0.1) is 5.92 Å². The Morgan fingerprint density at radius 3 is 2.53 bits per heavy atom. The van der Waals surface area contributed by atoms with Gasteiger partial charge >= 0.3 is 0 Å². The van der Waals surface area contributed by atoms with Crippen LogP contribution in [0.2, 0.25) is 0 Å². The summed E-state index contributed by atoms with van der Waals surface area (Å²) in [6, 6.07) is 0.243. The highest BCUT2D eigenvalue weighted by atomic mass is 16.5. The molecule has 0 bridgehead atoms. The first-order chi connectivity index (χ1) is 9.02. The van der Waals surface area contributed by atoms with Crippen LogP contribution in [0.1, 0.15) is 52.9 Å². The number of rotatable bonds is 5. The molecule has 2 fully saturated rings. The highest BCUT2D eigenvalue weighted by Gasteiger charge is 2.53. The Morgan fingerprint density at radius 1 is 1.37 bits per heavy atom. The lowest BCUT2D eigenvalue weighted by Crippen LogP contribution is -2.46. The normalized spacial score (nSPS) is 27.7. The van der Waals surface area contributed by atoms with Crippen LogP contribution in [0.4, 0.5) is 0 Å². The molecule has 0 aromatic heterocycles. The maximum absolute atomic E-state index is 12.9. The van der Waals surface area contributed by atoms with Crippen molar-refractivity contribution in [3.05, 3.63) is 0 Å². The van der Waals surface area contributed by atoms with E-state index in [0.29, 0.717) is 18.4 Å². The van der Waals surface area contributed by atoms with E-state index in [1.165, 1.54) is 12.8 Å². The lowest BCUT2D eigenvalue weighted by Gasteiger charge is -2.32. The number of ether oxygens (including phenoxy) is 1. The summed E-state index contributed by atoms with van der Waals surface area (Å²) in [6.45, 7) is 7.23. The van der Waals surface area contributed by atoms with Gasteiger partial charge in [0.25, 0.3) is 0 Å². The summed E-state index contributed by atoms with van der Waals surface area (Å²) >= 11 is 0. The van der Waals surface area contributed by atoms with E-state index in [0.717, 1.165) is 19.3 Å². The van der Waals surface area contributed by atoms with Crippen LogP contribution in [0.5, 0.6) is 0 Å². The summed E-state index contributed by atoms with van der Waals surface area (Å²) in [5.41, 5.74) is -0.254. The van der Waals surface area contributed by atoms with Gasteiger partial charge in [0, 0.05) is 19.8 Å². The van der Waals surface area contributed by atoms with E-state index in [4.69, 9.17) is 4.74 Å². The summed E-state index contributed by atoms with van der Waals surface area (Å²) < 4.78 is 5.16. The van der Waals surface area contributed by atoms with Gasteiger partial charge in [-0.2, -0.15) is 0 Å². The van der Waals surface area contributed by atoms with Crippen LogP contribution in [-0.2, 0) is 9.53 Å². The average Bonchev–Trinajstić information content (AvgIpc) is 2.95. The molecule has 2 aliphatic rings. The predicted molar refractivity (Wildman–Crippen MR) is 75.8 cm³/mol. The van der Waals surface area contributed by atoms with Gasteiger partial charge in [0.2, 0.25) is 5.91 Å². The first kappa shape index (κ1) is 14.8. The monoisotopic (exact) mass is 268 g/mol. The van der Waals surface area contributed by atoms with Crippen molar-refractivity contribution in [3.8, 4) is 0 Å². The number of methoxy groups -OCH3 is 1. The molecule has 110 valence electrons. The van der Waals surface area contributed by atoms with Crippen molar-refractivity contribution in [2.45, 2.75) is 70.6 Å². The molecule has 1 aliphatic heterocycles. The SMILES string of the molecule is COCCC(C)N1C(=O)C2(CCCC2)NC1C(C)C. The van der Waals surface area contributed by atoms with Crippen LogP contribution >= 0.6 is 0 Å². The topological polar surface area (TPSA) is 41.6 Å². The number of amides is 1. The predicted octanol–water partition coefficient (Wildman–Crippen LogP) is 2.14. The van der Waals surface area contributed by atoms with Crippen LogP contribution in [0.25, 0.3) is 0 Å². The van der Waals surface area contributed by atoms with Gasteiger partial charge in [-0.3, -0.25) is 10.1 Å². The molecule has 1 amide bonds. The van der Waals surface area contributed by atoms with Crippen molar-refractivity contribution >= 4 is 5.91 Å². The van der Waals surface area contributed by atoms with Crippen molar-refractivity contribution in [2.24, 2.45) is 5.92 Å². The average molecular weight is 268 g/mol. The Bertz CT molecular complexity index is 324. The van der Waals surface area contributed by atoms with Crippen molar-refractivity contribution in [1.82, 2.24) is 10.2 Å². The summed E-state index contributed by atoms with van der Waals surface area (Å²) in [7, 11) is 1.72. The molecule has 1 saturated heterocycles. The van der Waals surface area contributed by atoms with Gasteiger partial charge in [-0.25, -0.2) is 0 Å². The second kappa shape index (κ2) is 5.80. The van der Waals surface area contributed by atoms with E-state index in [1.807, 2.05) is 0 Å². The quantitative estimate of drug-likeness (QED) is 0.830. The molecule has 1 N–H and O–H groups in total. The van der Waals surface area contributed by atoms with Gasteiger partial charge in [0.15, 0.2) is 0 Å². The van der Waals surface area contributed by atoms with Gasteiger partial charge in [0.05, 0.1) is 11.7 Å². The largest absolute Gasteiger partial charge is 0.385 e. The van der Waals surface area contributed by atoms with Gasteiger partial charge in [-0.1, -0.05) is 26.7 Å². The fourth-order valence-electron chi connectivity index (χ4n) is 3.51. The number of carbonyl (C=O) groups excluding carboxylic acids is 1. The van der Waals surface area contributed by atoms with Crippen LogP contribution in [0.15, 0.2) is 0 Å². The summed E-state index contributed by atoms with van der Waals surface area (Å²) in [4.78, 5) is 15.0. The minimum absolute atomic E-state index is 0.178. The number of nitrogens with one attached hydrogen (secondary N) is 1. The lowest BCUT2D eigenvalue weighted by atomic mass is 9.97. The van der Waals surface area contributed by atoms with E-state index in [-0.39, 0.29) is 17.7 Å². The highest BCUT2D eigenvalue weighted by Crippen LogP contribution is 2.38. The molecule has 0 aromatic carbocycles. The molecular weight excluding hydrogens is 240 g/mol. The van der Waals surface area contributed by atoms with E-state index < -0.39 is 0 Å². The lowest BCUT2D eigenvalue weighted by molar-refractivity contribution is -0.135. The first-order valence-corrected chi connectivity index (χ1v) is 7.61. The molecular formula is C15H28N2O2. The van der Waals surface area contributed by atoms with E-state index in [9.17, 15) is 4.79 Å². The van der Waals surface area contributed by atoms with Crippen molar-refractivity contribution in [2.75, 3.05) is 13.7 Å². The molecule has 4 nitrogen and oxygen atoms in total. The van der Waals surface area contributed by atoms with Crippen LogP contribution < -0.4 is 5.32 Å². The summed E-state index contributed by atoms with van der Waals surface area (Å²) in [6.07, 6.45) is 5.43. The molecule has 1 heterocycles. The molecule has 1 saturated carbocycles. The second-order valence-electron chi connectivity index (χ2n) is 6.47. The molecule has 0 aromatic rings. The van der Waals surface area contributed by atoms with Crippen molar-refractivity contribution in [1.29, 1.82) is 0 Å².